The summed E-state index contributed by atoms with van der Waals surface area (Å²) in [5, 5.41) is 9.15. The van der Waals surface area contributed by atoms with Gasteiger partial charge in [-0.2, -0.15) is 4.98 Å². The molecule has 0 spiro atoms. The summed E-state index contributed by atoms with van der Waals surface area (Å²) in [5.41, 5.74) is 5.09. The second-order valence-corrected chi connectivity index (χ2v) is 9.90. The van der Waals surface area contributed by atoms with E-state index in [1.54, 1.807) is 16.8 Å². The quantitative estimate of drug-likeness (QED) is 0.734. The van der Waals surface area contributed by atoms with E-state index in [4.69, 9.17) is 10.8 Å². The Bertz CT molecular complexity index is 403. The van der Waals surface area contributed by atoms with Crippen LogP contribution in [0.25, 0.3) is 0 Å². The number of aryl methyl sites for hydroxylation is 1. The third-order valence-electron chi connectivity index (χ3n) is 2.58. The van der Waals surface area contributed by atoms with Crippen molar-refractivity contribution < 1.29 is 5.11 Å². The average Bonchev–Trinajstić information content (AvgIpc) is 2.21. The predicted molar refractivity (Wildman–Crippen MR) is 66.9 cm³/mol. The van der Waals surface area contributed by atoms with Gasteiger partial charge in [0.05, 0.1) is 8.07 Å². The van der Waals surface area contributed by atoms with E-state index in [-0.39, 0.29) is 11.5 Å². The summed E-state index contributed by atoms with van der Waals surface area (Å²) in [6.07, 6.45) is 2.85. The smallest absolute Gasteiger partial charge is 0.349 e. The van der Waals surface area contributed by atoms with Crippen LogP contribution in [0.15, 0.2) is 17.1 Å². The lowest BCUT2D eigenvalue weighted by molar-refractivity contribution is 0.357. The molecule has 90 valence electrons. The number of hydrogen-bond acceptors (Lipinski definition) is 4. The number of aliphatic hydroxyl groups excluding tert-OH is 1. The molecule has 0 aliphatic heterocycles. The Morgan fingerprint density at radius 1 is 1.56 bits per heavy atom. The first-order valence-electron chi connectivity index (χ1n) is 5.38. The zero-order valence-corrected chi connectivity index (χ0v) is 10.8. The van der Waals surface area contributed by atoms with Gasteiger partial charge < -0.3 is 10.8 Å². The van der Waals surface area contributed by atoms with E-state index in [1.165, 1.54) is 0 Å². The second-order valence-electron chi connectivity index (χ2n) is 4.75. The molecule has 0 aliphatic rings. The molecule has 1 heterocycles. The Morgan fingerprint density at radius 3 is 2.81 bits per heavy atom. The van der Waals surface area contributed by atoms with Gasteiger partial charge in [0.1, 0.15) is 5.82 Å². The third-order valence-corrected chi connectivity index (χ3v) is 5.14. The first kappa shape index (κ1) is 12.9. The van der Waals surface area contributed by atoms with E-state index in [0.717, 1.165) is 12.5 Å². The fourth-order valence-corrected chi connectivity index (χ4v) is 2.69. The van der Waals surface area contributed by atoms with E-state index >= 15 is 0 Å². The maximum Gasteiger partial charge on any atom is 0.349 e. The van der Waals surface area contributed by atoms with Crippen LogP contribution in [-0.2, 0) is 6.54 Å². The van der Waals surface area contributed by atoms with Crippen molar-refractivity contribution in [2.24, 2.45) is 0 Å². The minimum absolute atomic E-state index is 0.256. The molecular weight excluding hydrogens is 222 g/mol. The largest absolute Gasteiger partial charge is 0.400 e. The number of rotatable bonds is 5. The van der Waals surface area contributed by atoms with Crippen molar-refractivity contribution in [1.82, 2.24) is 9.55 Å². The van der Waals surface area contributed by atoms with Crippen molar-refractivity contribution in [1.29, 1.82) is 0 Å². The standard InChI is InChI=1S/C10H19N3O2Si/c1-16(2,8-14)7-3-5-13-6-4-9(11)12-10(13)15/h4,6,14H,3,5,7-8H2,1-2H3,(H2,11,12,15). The monoisotopic (exact) mass is 241 g/mol. The van der Waals surface area contributed by atoms with Crippen molar-refractivity contribution in [3.63, 3.8) is 0 Å². The van der Waals surface area contributed by atoms with Crippen LogP contribution in [0, 0.1) is 0 Å². The zero-order chi connectivity index (χ0) is 12.2. The van der Waals surface area contributed by atoms with Crippen molar-refractivity contribution in [3.8, 4) is 0 Å². The molecule has 1 aromatic heterocycles. The topological polar surface area (TPSA) is 81.1 Å². The van der Waals surface area contributed by atoms with Gasteiger partial charge in [0.25, 0.3) is 0 Å². The van der Waals surface area contributed by atoms with Crippen LogP contribution in [0.1, 0.15) is 6.42 Å². The summed E-state index contributed by atoms with van der Waals surface area (Å²) >= 11 is 0. The first-order chi connectivity index (χ1) is 7.44. The van der Waals surface area contributed by atoms with Crippen LogP contribution < -0.4 is 11.4 Å². The predicted octanol–water partition coefficient (Wildman–Crippen LogP) is 0.455. The van der Waals surface area contributed by atoms with Gasteiger partial charge in [0.2, 0.25) is 0 Å². The second kappa shape index (κ2) is 5.27. The van der Waals surface area contributed by atoms with Gasteiger partial charge in [-0.05, 0) is 12.5 Å². The molecule has 0 unspecified atom stereocenters. The summed E-state index contributed by atoms with van der Waals surface area (Å²) < 4.78 is 1.55. The van der Waals surface area contributed by atoms with Gasteiger partial charge in [-0.3, -0.25) is 4.57 Å². The Kier molecular flexibility index (Phi) is 4.25. The van der Waals surface area contributed by atoms with E-state index < -0.39 is 8.07 Å². The molecule has 0 atom stereocenters. The number of nitrogen functional groups attached to an aromatic ring is 1. The molecule has 1 aromatic rings. The molecule has 0 saturated heterocycles. The molecule has 0 amide bonds. The number of nitrogens with zero attached hydrogens (tertiary/aromatic N) is 2. The highest BCUT2D eigenvalue weighted by atomic mass is 28.3. The van der Waals surface area contributed by atoms with E-state index in [2.05, 4.69) is 18.1 Å². The highest BCUT2D eigenvalue weighted by molar-refractivity contribution is 6.77. The Labute approximate surface area is 95.9 Å². The number of anilines is 1. The molecule has 1 rings (SSSR count). The van der Waals surface area contributed by atoms with Crippen molar-refractivity contribution >= 4 is 13.9 Å². The zero-order valence-electron chi connectivity index (χ0n) is 9.81. The summed E-state index contributed by atoms with van der Waals surface area (Å²) in [5.74, 6) is 0.256. The molecular formula is C10H19N3O2Si. The molecule has 0 aliphatic carbocycles. The van der Waals surface area contributed by atoms with Crippen molar-refractivity contribution in [2.75, 3.05) is 12.0 Å². The summed E-state index contributed by atoms with van der Waals surface area (Å²) in [6, 6.07) is 2.62. The summed E-state index contributed by atoms with van der Waals surface area (Å²) in [7, 11) is -1.46. The van der Waals surface area contributed by atoms with E-state index in [9.17, 15) is 4.79 Å². The third kappa shape index (κ3) is 3.78. The van der Waals surface area contributed by atoms with Crippen LogP contribution in [0.3, 0.4) is 0 Å². The van der Waals surface area contributed by atoms with Gasteiger partial charge in [0, 0.05) is 19.0 Å². The fourth-order valence-electron chi connectivity index (χ4n) is 1.42. The summed E-state index contributed by atoms with van der Waals surface area (Å²) in [6.45, 7) is 4.91. The highest BCUT2D eigenvalue weighted by Gasteiger charge is 2.18. The summed E-state index contributed by atoms with van der Waals surface area (Å²) in [4.78, 5) is 15.1. The van der Waals surface area contributed by atoms with E-state index in [0.29, 0.717) is 12.8 Å². The highest BCUT2D eigenvalue weighted by Crippen LogP contribution is 2.11. The Balaban J connectivity index is 2.53. The average molecular weight is 241 g/mol. The molecule has 16 heavy (non-hydrogen) atoms. The number of hydrogen-bond donors (Lipinski definition) is 2. The maximum atomic E-state index is 11.4. The molecule has 5 nitrogen and oxygen atoms in total. The van der Waals surface area contributed by atoms with Crippen molar-refractivity contribution in [2.45, 2.75) is 32.1 Å². The minimum atomic E-state index is -1.46. The molecule has 0 aromatic carbocycles. The first-order valence-corrected chi connectivity index (χ1v) is 8.80. The van der Waals surface area contributed by atoms with Gasteiger partial charge in [-0.25, -0.2) is 4.79 Å². The van der Waals surface area contributed by atoms with Gasteiger partial charge in [-0.15, -0.1) is 0 Å². The number of aliphatic hydroxyl groups is 1. The molecule has 3 N–H and O–H groups in total. The molecule has 0 saturated carbocycles. The molecule has 0 radical (unpaired) electrons. The fraction of sp³-hybridized carbons (Fsp3) is 0.600. The van der Waals surface area contributed by atoms with Crippen LogP contribution in [-0.4, -0.2) is 29.0 Å². The lowest BCUT2D eigenvalue weighted by Gasteiger charge is -2.18. The molecule has 0 fully saturated rings. The Hall–Kier alpha value is -1.14. The molecule has 0 bridgehead atoms. The Morgan fingerprint density at radius 2 is 2.25 bits per heavy atom. The van der Waals surface area contributed by atoms with Gasteiger partial charge in [-0.1, -0.05) is 19.1 Å². The van der Waals surface area contributed by atoms with Crippen LogP contribution >= 0.6 is 0 Å². The van der Waals surface area contributed by atoms with Gasteiger partial charge in [0.15, 0.2) is 0 Å². The minimum Gasteiger partial charge on any atom is -0.400 e. The SMILES string of the molecule is C[Si](C)(CO)CCCn1ccc(N)nc1=O. The lowest BCUT2D eigenvalue weighted by atomic mass is 10.4. The van der Waals surface area contributed by atoms with Crippen LogP contribution in [0.2, 0.25) is 19.1 Å². The van der Waals surface area contributed by atoms with Crippen molar-refractivity contribution in [3.05, 3.63) is 22.7 Å². The number of nitrogens with two attached hydrogens (primary N) is 1. The maximum absolute atomic E-state index is 11.4. The lowest BCUT2D eigenvalue weighted by Crippen LogP contribution is -2.31. The number of aromatic nitrogens is 2. The van der Waals surface area contributed by atoms with Crippen LogP contribution in [0.5, 0.6) is 0 Å². The van der Waals surface area contributed by atoms with E-state index in [1.807, 2.05) is 0 Å². The van der Waals surface area contributed by atoms with Crippen LogP contribution in [0.4, 0.5) is 5.82 Å². The normalized spacial score (nSPS) is 11.7. The van der Waals surface area contributed by atoms with Gasteiger partial charge >= 0.3 is 5.69 Å². The molecule has 6 heteroatoms.